The minimum atomic E-state index is 0.0378. The zero-order valence-corrected chi connectivity index (χ0v) is 15.0. The topological polar surface area (TPSA) is 15.3 Å². The zero-order chi connectivity index (χ0) is 14.6. The van der Waals surface area contributed by atoms with Crippen LogP contribution in [0.3, 0.4) is 0 Å². The summed E-state index contributed by atoms with van der Waals surface area (Å²) in [5.41, 5.74) is 0.179. The third-order valence-electron chi connectivity index (χ3n) is 2.64. The van der Waals surface area contributed by atoms with Gasteiger partial charge in [0, 0.05) is 41.2 Å². The van der Waals surface area contributed by atoms with E-state index in [1.807, 2.05) is 0 Å². The van der Waals surface area contributed by atoms with Gasteiger partial charge in [0.15, 0.2) is 0 Å². The number of nitrogens with zero attached hydrogens (tertiary/aromatic N) is 1. The maximum atomic E-state index is 4.64. The van der Waals surface area contributed by atoms with Crippen LogP contribution >= 0.6 is 25.3 Å². The summed E-state index contributed by atoms with van der Waals surface area (Å²) in [6.07, 6.45) is 0. The highest BCUT2D eigenvalue weighted by atomic mass is 32.1. The van der Waals surface area contributed by atoms with Crippen molar-refractivity contribution in [3.63, 3.8) is 0 Å². The second-order valence-corrected chi connectivity index (χ2v) is 9.82. The van der Waals surface area contributed by atoms with Gasteiger partial charge in [0.2, 0.25) is 0 Å². The minimum Gasteiger partial charge on any atom is -0.314 e. The third-order valence-corrected chi connectivity index (χ3v) is 2.94. The largest absolute Gasteiger partial charge is 0.314 e. The number of hydrogen-bond acceptors (Lipinski definition) is 4. The van der Waals surface area contributed by atoms with Crippen LogP contribution < -0.4 is 5.32 Å². The average molecular weight is 293 g/mol. The molecule has 0 aromatic carbocycles. The van der Waals surface area contributed by atoms with Gasteiger partial charge in [-0.25, -0.2) is 0 Å². The van der Waals surface area contributed by atoms with Crippen molar-refractivity contribution in [3.05, 3.63) is 0 Å². The molecule has 18 heavy (non-hydrogen) atoms. The van der Waals surface area contributed by atoms with Crippen molar-refractivity contribution in [2.75, 3.05) is 26.2 Å². The number of rotatable bonds is 7. The Hall–Kier alpha value is 0.620. The summed E-state index contributed by atoms with van der Waals surface area (Å²) in [5, 5.41) is 3.47. The molecule has 0 aromatic heterocycles. The summed E-state index contributed by atoms with van der Waals surface area (Å²) < 4.78 is 0.0888. The molecule has 0 atom stereocenters. The maximum Gasteiger partial charge on any atom is 0.0200 e. The molecular formula is C14H32N2S2. The number of nitrogens with one attached hydrogen (secondary N) is 1. The van der Waals surface area contributed by atoms with E-state index in [1.54, 1.807) is 0 Å². The van der Waals surface area contributed by atoms with Gasteiger partial charge in [-0.2, -0.15) is 25.3 Å². The fourth-order valence-corrected chi connectivity index (χ4v) is 2.01. The Balaban J connectivity index is 4.20. The van der Waals surface area contributed by atoms with Crippen LogP contribution in [-0.2, 0) is 0 Å². The Kier molecular flexibility index (Phi) is 7.10. The molecule has 110 valence electrons. The van der Waals surface area contributed by atoms with E-state index in [1.165, 1.54) is 0 Å². The molecule has 0 bridgehead atoms. The number of thiol groups is 2. The highest BCUT2D eigenvalue weighted by Gasteiger charge is 2.26. The molecule has 0 aliphatic rings. The standard InChI is InChI=1S/C14H32N2S2/c1-12(2,3)16(11-14(6,7)18)9-8-15-10-13(4,5)17/h15,17-18H,8-11H2,1-7H3. The summed E-state index contributed by atoms with van der Waals surface area (Å²) in [6.45, 7) is 19.3. The first-order chi connectivity index (χ1) is 7.81. The van der Waals surface area contributed by atoms with Gasteiger partial charge < -0.3 is 5.32 Å². The predicted octanol–water partition coefficient (Wildman–Crippen LogP) is 3.09. The molecule has 0 aromatic rings. The molecule has 0 unspecified atom stereocenters. The van der Waals surface area contributed by atoms with Crippen molar-refractivity contribution in [2.45, 2.75) is 63.5 Å². The molecule has 1 N–H and O–H groups in total. The Labute approximate surface area is 125 Å². The lowest BCUT2D eigenvalue weighted by Crippen LogP contribution is -2.50. The van der Waals surface area contributed by atoms with Gasteiger partial charge in [0.1, 0.15) is 0 Å². The summed E-state index contributed by atoms with van der Waals surface area (Å²) in [5.74, 6) is 0. The van der Waals surface area contributed by atoms with E-state index in [9.17, 15) is 0 Å². The number of hydrogen-bond donors (Lipinski definition) is 3. The summed E-state index contributed by atoms with van der Waals surface area (Å²) in [6, 6.07) is 0. The molecule has 0 spiro atoms. The molecule has 2 nitrogen and oxygen atoms in total. The van der Waals surface area contributed by atoms with Crippen LogP contribution in [-0.4, -0.2) is 46.1 Å². The second kappa shape index (κ2) is 6.87. The van der Waals surface area contributed by atoms with E-state index in [4.69, 9.17) is 0 Å². The Bertz CT molecular complexity index is 234. The van der Waals surface area contributed by atoms with Crippen molar-refractivity contribution in [1.82, 2.24) is 10.2 Å². The molecule has 4 heteroatoms. The van der Waals surface area contributed by atoms with Crippen molar-refractivity contribution >= 4 is 25.3 Å². The second-order valence-electron chi connectivity index (χ2n) is 7.39. The van der Waals surface area contributed by atoms with Gasteiger partial charge >= 0.3 is 0 Å². The van der Waals surface area contributed by atoms with Crippen LogP contribution in [0.25, 0.3) is 0 Å². The first-order valence-corrected chi connectivity index (χ1v) is 7.61. The van der Waals surface area contributed by atoms with Crippen molar-refractivity contribution in [3.8, 4) is 0 Å². The fourth-order valence-electron chi connectivity index (χ4n) is 1.73. The van der Waals surface area contributed by atoms with E-state index in [0.29, 0.717) is 0 Å². The predicted molar refractivity (Wildman–Crippen MR) is 90.3 cm³/mol. The molecule has 0 saturated carbocycles. The minimum absolute atomic E-state index is 0.0378. The first-order valence-electron chi connectivity index (χ1n) is 6.72. The molecule has 0 fully saturated rings. The monoisotopic (exact) mass is 292 g/mol. The van der Waals surface area contributed by atoms with Crippen LogP contribution in [0.1, 0.15) is 48.5 Å². The molecule has 0 aliphatic carbocycles. The summed E-state index contributed by atoms with van der Waals surface area (Å²) in [4.78, 5) is 2.48. The van der Waals surface area contributed by atoms with Gasteiger partial charge in [-0.1, -0.05) is 0 Å². The molecule has 0 heterocycles. The smallest absolute Gasteiger partial charge is 0.0200 e. The van der Waals surface area contributed by atoms with E-state index < -0.39 is 0 Å². The van der Waals surface area contributed by atoms with Gasteiger partial charge in [0.05, 0.1) is 0 Å². The van der Waals surface area contributed by atoms with E-state index >= 15 is 0 Å². The van der Waals surface area contributed by atoms with E-state index in [2.05, 4.69) is 83.9 Å². The molecule has 0 aliphatic heterocycles. The summed E-state index contributed by atoms with van der Waals surface area (Å²) >= 11 is 9.16. The SMILES string of the molecule is CC(C)(S)CNCCN(CC(C)(C)S)C(C)(C)C. The van der Waals surface area contributed by atoms with Crippen molar-refractivity contribution in [1.29, 1.82) is 0 Å². The lowest BCUT2D eigenvalue weighted by molar-refractivity contribution is 0.127. The zero-order valence-electron chi connectivity index (χ0n) is 13.2. The Morgan fingerprint density at radius 2 is 1.39 bits per heavy atom. The maximum absolute atomic E-state index is 4.64. The average Bonchev–Trinajstić information content (AvgIpc) is 2.04. The molecule has 0 amide bonds. The normalized spacial score (nSPS) is 14.3. The molecule has 0 rings (SSSR count). The van der Waals surface area contributed by atoms with Gasteiger partial charge in [-0.3, -0.25) is 4.90 Å². The van der Waals surface area contributed by atoms with Crippen LogP contribution in [0.15, 0.2) is 0 Å². The van der Waals surface area contributed by atoms with Crippen molar-refractivity contribution in [2.24, 2.45) is 0 Å². The van der Waals surface area contributed by atoms with Crippen LogP contribution in [0.5, 0.6) is 0 Å². The summed E-state index contributed by atoms with van der Waals surface area (Å²) in [7, 11) is 0. The Morgan fingerprint density at radius 1 is 0.889 bits per heavy atom. The fraction of sp³-hybridized carbons (Fsp3) is 1.00. The van der Waals surface area contributed by atoms with Crippen molar-refractivity contribution < 1.29 is 0 Å². The van der Waals surface area contributed by atoms with Crippen LogP contribution in [0, 0.1) is 0 Å². The van der Waals surface area contributed by atoms with Crippen LogP contribution in [0.2, 0.25) is 0 Å². The molecule has 0 radical (unpaired) electrons. The quantitative estimate of drug-likeness (QED) is 0.494. The lowest BCUT2D eigenvalue weighted by Gasteiger charge is -2.39. The van der Waals surface area contributed by atoms with Gasteiger partial charge in [-0.15, -0.1) is 0 Å². The van der Waals surface area contributed by atoms with Crippen LogP contribution in [0.4, 0.5) is 0 Å². The third kappa shape index (κ3) is 10.5. The molecular weight excluding hydrogens is 260 g/mol. The Morgan fingerprint density at radius 3 is 1.72 bits per heavy atom. The van der Waals surface area contributed by atoms with E-state index in [0.717, 1.165) is 26.2 Å². The highest BCUT2D eigenvalue weighted by Crippen LogP contribution is 2.20. The highest BCUT2D eigenvalue weighted by molar-refractivity contribution is 7.82. The molecule has 0 saturated heterocycles. The first kappa shape index (κ1) is 18.6. The lowest BCUT2D eigenvalue weighted by atomic mass is 10.0. The van der Waals surface area contributed by atoms with E-state index in [-0.39, 0.29) is 15.0 Å². The van der Waals surface area contributed by atoms with Gasteiger partial charge in [-0.05, 0) is 48.5 Å². The van der Waals surface area contributed by atoms with Gasteiger partial charge in [0.25, 0.3) is 0 Å².